The summed E-state index contributed by atoms with van der Waals surface area (Å²) in [5, 5.41) is 19.6. The molecule has 0 bridgehead atoms. The molecule has 1 N–H and O–H groups in total. The van der Waals surface area contributed by atoms with Gasteiger partial charge in [-0.15, -0.1) is 10.2 Å². The predicted octanol–water partition coefficient (Wildman–Crippen LogP) is 3.44. The van der Waals surface area contributed by atoms with Gasteiger partial charge in [-0.3, -0.25) is 0 Å². The van der Waals surface area contributed by atoms with Crippen LogP contribution < -0.4 is 0 Å². The molecule has 0 aliphatic heterocycles. The van der Waals surface area contributed by atoms with Gasteiger partial charge < -0.3 is 5.11 Å². The van der Waals surface area contributed by atoms with E-state index in [9.17, 15) is 0 Å². The monoisotopic (exact) mass is 270 g/mol. The van der Waals surface area contributed by atoms with Crippen molar-refractivity contribution in [2.45, 2.75) is 6.61 Å². The number of rotatable bonds is 2. The van der Waals surface area contributed by atoms with Gasteiger partial charge in [0.15, 0.2) is 5.15 Å². The van der Waals surface area contributed by atoms with Gasteiger partial charge in [-0.1, -0.05) is 35.9 Å². The van der Waals surface area contributed by atoms with Crippen molar-refractivity contribution in [1.29, 1.82) is 0 Å². The minimum absolute atomic E-state index is 0.0559. The van der Waals surface area contributed by atoms with Crippen LogP contribution in [0.2, 0.25) is 5.15 Å². The maximum atomic E-state index is 9.12. The molecule has 1 heterocycles. The maximum Gasteiger partial charge on any atom is 0.151 e. The number of aromatic nitrogens is 2. The Balaban J connectivity index is 2.08. The summed E-state index contributed by atoms with van der Waals surface area (Å²) in [6.07, 6.45) is 0. The van der Waals surface area contributed by atoms with Crippen LogP contribution in [0.25, 0.3) is 22.0 Å². The van der Waals surface area contributed by atoms with Gasteiger partial charge in [0, 0.05) is 5.56 Å². The molecule has 0 spiro atoms. The first-order valence-electron chi connectivity index (χ1n) is 5.89. The molecule has 0 aliphatic rings. The zero-order chi connectivity index (χ0) is 13.2. The van der Waals surface area contributed by atoms with Gasteiger partial charge in [-0.25, -0.2) is 0 Å². The fraction of sp³-hybridized carbons (Fsp3) is 0.0667. The smallest absolute Gasteiger partial charge is 0.151 e. The van der Waals surface area contributed by atoms with E-state index >= 15 is 0 Å². The Morgan fingerprint density at radius 3 is 2.42 bits per heavy atom. The number of aliphatic hydroxyl groups excluding tert-OH is 1. The summed E-state index contributed by atoms with van der Waals surface area (Å²) in [6.45, 7) is 0.0559. The summed E-state index contributed by atoms with van der Waals surface area (Å²) in [4.78, 5) is 0. The van der Waals surface area contributed by atoms with Crippen molar-refractivity contribution in [1.82, 2.24) is 10.2 Å². The Kier molecular flexibility index (Phi) is 3.15. The van der Waals surface area contributed by atoms with Crippen LogP contribution in [0.4, 0.5) is 0 Å². The van der Waals surface area contributed by atoms with E-state index in [0.717, 1.165) is 27.6 Å². The molecule has 2 aromatic carbocycles. The second-order valence-corrected chi connectivity index (χ2v) is 4.68. The van der Waals surface area contributed by atoms with Crippen LogP contribution in [0.5, 0.6) is 0 Å². The number of hydrogen-bond donors (Lipinski definition) is 1. The molecule has 0 saturated carbocycles. The van der Waals surface area contributed by atoms with Crippen LogP contribution in [-0.2, 0) is 6.61 Å². The van der Waals surface area contributed by atoms with Crippen LogP contribution in [0, 0.1) is 0 Å². The fourth-order valence-corrected chi connectivity index (χ4v) is 2.12. The molecular weight excluding hydrogens is 260 g/mol. The highest BCUT2D eigenvalue weighted by Gasteiger charge is 2.02. The summed E-state index contributed by atoms with van der Waals surface area (Å²) in [5.74, 6) is 0. The molecular formula is C15H11ClN2O. The number of benzene rings is 2. The summed E-state index contributed by atoms with van der Waals surface area (Å²) < 4.78 is 0. The Morgan fingerprint density at radius 1 is 0.895 bits per heavy atom. The van der Waals surface area contributed by atoms with Crippen LogP contribution in [0.1, 0.15) is 5.56 Å². The van der Waals surface area contributed by atoms with E-state index in [0.29, 0.717) is 5.15 Å². The number of fused-ring (bicyclic) bond motifs is 1. The van der Waals surface area contributed by atoms with Gasteiger partial charge >= 0.3 is 0 Å². The standard InChI is InChI=1S/C15H11ClN2O/c16-15-6-5-14(17-18-15)13-4-3-11-7-10(9-19)1-2-12(11)8-13/h1-8,19H,9H2. The van der Waals surface area contributed by atoms with E-state index in [1.807, 2.05) is 36.4 Å². The average Bonchev–Trinajstić information content (AvgIpc) is 2.47. The normalized spacial score (nSPS) is 10.8. The van der Waals surface area contributed by atoms with Gasteiger partial charge in [0.05, 0.1) is 12.3 Å². The Labute approximate surface area is 115 Å². The molecule has 0 atom stereocenters. The lowest BCUT2D eigenvalue weighted by Crippen LogP contribution is -1.88. The second kappa shape index (κ2) is 4.96. The molecule has 19 heavy (non-hydrogen) atoms. The number of hydrogen-bond acceptors (Lipinski definition) is 3. The fourth-order valence-electron chi connectivity index (χ4n) is 2.02. The highest BCUT2D eigenvalue weighted by molar-refractivity contribution is 6.29. The van der Waals surface area contributed by atoms with Crippen LogP contribution in [0.3, 0.4) is 0 Å². The van der Waals surface area contributed by atoms with E-state index in [1.54, 1.807) is 6.07 Å². The van der Waals surface area contributed by atoms with Crippen LogP contribution in [0.15, 0.2) is 48.5 Å². The first kappa shape index (κ1) is 12.1. The number of aliphatic hydroxyl groups is 1. The van der Waals surface area contributed by atoms with Crippen LogP contribution >= 0.6 is 11.6 Å². The Bertz CT molecular complexity index is 726. The SMILES string of the molecule is OCc1ccc2cc(-c3ccc(Cl)nn3)ccc2c1. The Morgan fingerprint density at radius 2 is 1.68 bits per heavy atom. The van der Waals surface area contributed by atoms with E-state index in [1.165, 1.54) is 0 Å². The first-order valence-corrected chi connectivity index (χ1v) is 6.27. The quantitative estimate of drug-likeness (QED) is 0.776. The van der Waals surface area contributed by atoms with Gasteiger partial charge in [0.2, 0.25) is 0 Å². The molecule has 0 amide bonds. The lowest BCUT2D eigenvalue weighted by molar-refractivity contribution is 0.282. The Hall–Kier alpha value is -1.97. The summed E-state index contributed by atoms with van der Waals surface area (Å²) in [5.41, 5.74) is 2.69. The molecule has 3 rings (SSSR count). The third kappa shape index (κ3) is 2.43. The molecule has 3 aromatic rings. The van der Waals surface area contributed by atoms with Crippen molar-refractivity contribution >= 4 is 22.4 Å². The predicted molar refractivity (Wildman–Crippen MR) is 75.9 cm³/mol. The van der Waals surface area contributed by atoms with E-state index < -0.39 is 0 Å². The minimum Gasteiger partial charge on any atom is -0.392 e. The maximum absolute atomic E-state index is 9.12. The molecule has 0 radical (unpaired) electrons. The third-order valence-corrected chi connectivity index (χ3v) is 3.22. The van der Waals surface area contributed by atoms with Gasteiger partial charge in [-0.05, 0) is 40.6 Å². The first-order chi connectivity index (χ1) is 9.26. The lowest BCUT2D eigenvalue weighted by Gasteiger charge is -2.04. The molecule has 3 nitrogen and oxygen atoms in total. The van der Waals surface area contributed by atoms with Crippen molar-refractivity contribution < 1.29 is 5.11 Å². The molecule has 0 saturated heterocycles. The lowest BCUT2D eigenvalue weighted by atomic mass is 10.0. The molecule has 0 fully saturated rings. The van der Waals surface area contributed by atoms with Gasteiger partial charge in [0.25, 0.3) is 0 Å². The summed E-state index contributed by atoms with van der Waals surface area (Å²) in [6, 6.07) is 15.5. The van der Waals surface area contributed by atoms with E-state index in [2.05, 4.69) is 16.3 Å². The zero-order valence-corrected chi connectivity index (χ0v) is 10.8. The topological polar surface area (TPSA) is 46.0 Å². The van der Waals surface area contributed by atoms with Crippen LogP contribution in [-0.4, -0.2) is 15.3 Å². The highest BCUT2D eigenvalue weighted by atomic mass is 35.5. The molecule has 94 valence electrons. The zero-order valence-electron chi connectivity index (χ0n) is 10.0. The summed E-state index contributed by atoms with van der Waals surface area (Å²) in [7, 11) is 0. The molecule has 0 aliphatic carbocycles. The second-order valence-electron chi connectivity index (χ2n) is 4.30. The molecule has 0 unspecified atom stereocenters. The van der Waals surface area contributed by atoms with Crippen molar-refractivity contribution in [3.05, 3.63) is 59.2 Å². The van der Waals surface area contributed by atoms with E-state index in [-0.39, 0.29) is 6.61 Å². The minimum atomic E-state index is 0.0559. The number of halogens is 1. The van der Waals surface area contributed by atoms with Gasteiger partial charge in [-0.2, -0.15) is 0 Å². The molecule has 4 heteroatoms. The van der Waals surface area contributed by atoms with Gasteiger partial charge in [0.1, 0.15) is 0 Å². The van der Waals surface area contributed by atoms with Crippen molar-refractivity contribution in [3.63, 3.8) is 0 Å². The molecule has 1 aromatic heterocycles. The largest absolute Gasteiger partial charge is 0.392 e. The van der Waals surface area contributed by atoms with Crippen molar-refractivity contribution in [2.75, 3.05) is 0 Å². The summed E-state index contributed by atoms with van der Waals surface area (Å²) >= 11 is 5.73. The van der Waals surface area contributed by atoms with Crippen molar-refractivity contribution in [2.24, 2.45) is 0 Å². The van der Waals surface area contributed by atoms with Crippen molar-refractivity contribution in [3.8, 4) is 11.3 Å². The van der Waals surface area contributed by atoms with E-state index in [4.69, 9.17) is 16.7 Å². The number of nitrogens with zero attached hydrogens (tertiary/aromatic N) is 2. The third-order valence-electron chi connectivity index (χ3n) is 3.01. The highest BCUT2D eigenvalue weighted by Crippen LogP contribution is 2.24. The average molecular weight is 271 g/mol.